The second-order valence-electron chi connectivity index (χ2n) is 4.75. The molecule has 0 amide bonds. The van der Waals surface area contributed by atoms with Gasteiger partial charge in [-0.1, -0.05) is 6.07 Å². The van der Waals surface area contributed by atoms with E-state index in [2.05, 4.69) is 9.97 Å². The largest absolute Gasteiger partial charge is 0.508 e. The van der Waals surface area contributed by atoms with Crippen LogP contribution in [-0.2, 0) is 9.84 Å². The Morgan fingerprint density at radius 1 is 1.10 bits per heavy atom. The second kappa shape index (κ2) is 4.49. The number of hydrogen-bond acceptors (Lipinski definition) is 5. The van der Waals surface area contributed by atoms with Crippen LogP contribution in [0.15, 0.2) is 41.3 Å². The van der Waals surface area contributed by atoms with Gasteiger partial charge in [0.05, 0.1) is 10.4 Å². The minimum Gasteiger partial charge on any atom is -0.508 e. The molecule has 3 aromatic rings. The Labute approximate surface area is 120 Å². The summed E-state index contributed by atoms with van der Waals surface area (Å²) >= 11 is 0. The van der Waals surface area contributed by atoms with Gasteiger partial charge >= 0.3 is 0 Å². The van der Waals surface area contributed by atoms with E-state index in [1.54, 1.807) is 12.1 Å². The van der Waals surface area contributed by atoms with E-state index in [-0.39, 0.29) is 16.4 Å². The van der Waals surface area contributed by atoms with E-state index in [0.717, 1.165) is 6.26 Å². The van der Waals surface area contributed by atoms with Crippen LogP contribution in [0, 0.1) is 0 Å². The molecular formula is C14H12N2O4S. The number of nitrogens with one attached hydrogen (secondary N) is 1. The maximum Gasteiger partial charge on any atom is 0.177 e. The lowest BCUT2D eigenvalue weighted by molar-refractivity contribution is 0.451. The molecule has 6 nitrogen and oxygen atoms in total. The lowest BCUT2D eigenvalue weighted by atomic mass is 10.2. The van der Waals surface area contributed by atoms with Crippen molar-refractivity contribution < 1.29 is 18.6 Å². The van der Waals surface area contributed by atoms with Crippen LogP contribution in [-0.4, -0.2) is 34.9 Å². The number of fused-ring (bicyclic) bond motifs is 1. The third-order valence-corrected chi connectivity index (χ3v) is 4.18. The minimum atomic E-state index is -3.40. The molecule has 0 saturated carbocycles. The maximum absolute atomic E-state index is 11.8. The average molecular weight is 304 g/mol. The number of benzene rings is 2. The van der Waals surface area contributed by atoms with Crippen molar-refractivity contribution in [2.45, 2.75) is 4.90 Å². The molecule has 1 heterocycles. The van der Waals surface area contributed by atoms with Crippen molar-refractivity contribution >= 4 is 20.9 Å². The van der Waals surface area contributed by atoms with Gasteiger partial charge in [0.2, 0.25) is 0 Å². The number of imidazole rings is 1. The summed E-state index contributed by atoms with van der Waals surface area (Å²) in [6, 6.07) is 8.88. The molecule has 2 aromatic carbocycles. The zero-order chi connectivity index (χ0) is 15.2. The van der Waals surface area contributed by atoms with Crippen molar-refractivity contribution in [1.29, 1.82) is 0 Å². The van der Waals surface area contributed by atoms with Gasteiger partial charge in [-0.3, -0.25) is 0 Å². The van der Waals surface area contributed by atoms with Crippen LogP contribution in [0.1, 0.15) is 0 Å². The fourth-order valence-electron chi connectivity index (χ4n) is 2.17. The third kappa shape index (κ3) is 2.43. The van der Waals surface area contributed by atoms with Crippen molar-refractivity contribution in [2.75, 3.05) is 6.26 Å². The van der Waals surface area contributed by atoms with Gasteiger partial charge in [0, 0.05) is 17.9 Å². The molecule has 3 rings (SSSR count). The SMILES string of the molecule is CS(=O)(=O)c1cccc2[nH]c(-c3cc(O)cc(O)c3)nc12. The Bertz CT molecular complexity index is 925. The monoisotopic (exact) mass is 304 g/mol. The van der Waals surface area contributed by atoms with Crippen molar-refractivity contribution in [3.63, 3.8) is 0 Å². The van der Waals surface area contributed by atoms with Crippen LogP contribution in [0.25, 0.3) is 22.4 Å². The molecule has 0 aliphatic heterocycles. The lowest BCUT2D eigenvalue weighted by Crippen LogP contribution is -1.97. The Kier molecular flexibility index (Phi) is 2.87. The van der Waals surface area contributed by atoms with Crippen LogP contribution >= 0.6 is 0 Å². The van der Waals surface area contributed by atoms with E-state index < -0.39 is 9.84 Å². The number of sulfone groups is 1. The smallest absolute Gasteiger partial charge is 0.177 e. The molecule has 0 atom stereocenters. The van der Waals surface area contributed by atoms with Crippen molar-refractivity contribution in [3.05, 3.63) is 36.4 Å². The van der Waals surface area contributed by atoms with Gasteiger partial charge in [0.15, 0.2) is 9.84 Å². The van der Waals surface area contributed by atoms with Crippen molar-refractivity contribution in [3.8, 4) is 22.9 Å². The first kappa shape index (κ1) is 13.4. The molecule has 0 aliphatic rings. The molecule has 0 unspecified atom stereocenters. The standard InChI is InChI=1S/C14H12N2O4S/c1-21(19,20)12-4-2-3-11-13(12)16-14(15-11)8-5-9(17)7-10(18)6-8/h2-7,17-18H,1H3,(H,15,16). The number of hydrogen-bond donors (Lipinski definition) is 3. The molecule has 0 spiro atoms. The van der Waals surface area contributed by atoms with Gasteiger partial charge < -0.3 is 15.2 Å². The van der Waals surface area contributed by atoms with Crippen molar-refractivity contribution in [1.82, 2.24) is 9.97 Å². The van der Waals surface area contributed by atoms with E-state index in [1.165, 1.54) is 24.3 Å². The molecule has 108 valence electrons. The average Bonchev–Trinajstić information content (AvgIpc) is 2.79. The molecule has 0 fully saturated rings. The first-order valence-electron chi connectivity index (χ1n) is 6.07. The van der Waals surface area contributed by atoms with E-state index in [0.29, 0.717) is 22.4 Å². The molecule has 7 heteroatoms. The quantitative estimate of drug-likeness (QED) is 0.672. The molecule has 21 heavy (non-hydrogen) atoms. The summed E-state index contributed by atoms with van der Waals surface area (Å²) < 4.78 is 23.5. The third-order valence-electron chi connectivity index (χ3n) is 3.05. The summed E-state index contributed by atoms with van der Waals surface area (Å²) in [7, 11) is -3.40. The number of aromatic nitrogens is 2. The number of nitrogens with zero attached hydrogens (tertiary/aromatic N) is 1. The minimum absolute atomic E-state index is 0.103. The maximum atomic E-state index is 11.8. The van der Waals surface area contributed by atoms with E-state index in [9.17, 15) is 18.6 Å². The summed E-state index contributed by atoms with van der Waals surface area (Å²) in [6.07, 6.45) is 1.12. The molecule has 0 radical (unpaired) electrons. The topological polar surface area (TPSA) is 103 Å². The van der Waals surface area contributed by atoms with Crippen LogP contribution in [0.3, 0.4) is 0 Å². The zero-order valence-electron chi connectivity index (χ0n) is 11.0. The molecule has 0 saturated heterocycles. The van der Waals surface area contributed by atoms with Gasteiger partial charge in [0.1, 0.15) is 22.8 Å². The Morgan fingerprint density at radius 3 is 2.38 bits per heavy atom. The van der Waals surface area contributed by atoms with Gasteiger partial charge in [0.25, 0.3) is 0 Å². The Balaban J connectivity index is 2.27. The number of aromatic hydroxyl groups is 2. The highest BCUT2D eigenvalue weighted by Crippen LogP contribution is 2.29. The first-order chi connectivity index (χ1) is 9.84. The molecule has 1 aromatic heterocycles. The highest BCUT2D eigenvalue weighted by molar-refractivity contribution is 7.91. The van der Waals surface area contributed by atoms with E-state index >= 15 is 0 Å². The number of phenolic OH excluding ortho intramolecular Hbond substituents is 2. The summed E-state index contributed by atoms with van der Waals surface area (Å²) in [5.74, 6) is 0.162. The van der Waals surface area contributed by atoms with Gasteiger partial charge in [-0.05, 0) is 24.3 Å². The first-order valence-corrected chi connectivity index (χ1v) is 7.96. The number of phenols is 2. The van der Waals surface area contributed by atoms with Crippen LogP contribution in [0.5, 0.6) is 11.5 Å². The summed E-state index contributed by atoms with van der Waals surface area (Å²) in [4.78, 5) is 7.39. The number of rotatable bonds is 2. The normalized spacial score (nSPS) is 11.9. The summed E-state index contributed by atoms with van der Waals surface area (Å²) in [5, 5.41) is 19.0. The zero-order valence-corrected chi connectivity index (χ0v) is 11.8. The van der Waals surface area contributed by atoms with Crippen LogP contribution in [0.2, 0.25) is 0 Å². The summed E-state index contributed by atoms with van der Waals surface area (Å²) in [6.45, 7) is 0. The Hall–Kier alpha value is -2.54. The lowest BCUT2D eigenvalue weighted by Gasteiger charge is -1.99. The number of H-pyrrole nitrogens is 1. The van der Waals surface area contributed by atoms with Gasteiger partial charge in [-0.2, -0.15) is 0 Å². The van der Waals surface area contributed by atoms with Crippen LogP contribution in [0.4, 0.5) is 0 Å². The Morgan fingerprint density at radius 2 is 1.76 bits per heavy atom. The van der Waals surface area contributed by atoms with Gasteiger partial charge in [-0.15, -0.1) is 0 Å². The van der Waals surface area contributed by atoms with E-state index in [1.807, 2.05) is 0 Å². The summed E-state index contributed by atoms with van der Waals surface area (Å²) in [5.41, 5.74) is 1.36. The fourth-order valence-corrected chi connectivity index (χ4v) is 3.01. The molecule has 3 N–H and O–H groups in total. The predicted octanol–water partition coefficient (Wildman–Crippen LogP) is 2.04. The second-order valence-corrected chi connectivity index (χ2v) is 6.73. The number of para-hydroxylation sites is 1. The fraction of sp³-hybridized carbons (Fsp3) is 0.0714. The highest BCUT2D eigenvalue weighted by Gasteiger charge is 2.16. The van der Waals surface area contributed by atoms with Crippen molar-refractivity contribution in [2.24, 2.45) is 0 Å². The predicted molar refractivity (Wildman–Crippen MR) is 78.0 cm³/mol. The van der Waals surface area contributed by atoms with Crippen LogP contribution < -0.4 is 0 Å². The van der Waals surface area contributed by atoms with E-state index in [4.69, 9.17) is 0 Å². The molecule has 0 aliphatic carbocycles. The van der Waals surface area contributed by atoms with Gasteiger partial charge in [-0.25, -0.2) is 13.4 Å². The number of aromatic amines is 1. The molecule has 0 bridgehead atoms. The molecular weight excluding hydrogens is 292 g/mol. The highest BCUT2D eigenvalue weighted by atomic mass is 32.2.